The molecule has 0 saturated heterocycles. The summed E-state index contributed by atoms with van der Waals surface area (Å²) in [5, 5.41) is 11.6. The van der Waals surface area contributed by atoms with Gasteiger partial charge in [0.2, 0.25) is 0 Å². The second-order valence-electron chi connectivity index (χ2n) is 6.30. The zero-order valence-electron chi connectivity index (χ0n) is 14.5. The van der Waals surface area contributed by atoms with Crippen molar-refractivity contribution in [2.45, 2.75) is 19.0 Å². The van der Waals surface area contributed by atoms with Gasteiger partial charge in [-0.3, -0.25) is 4.79 Å². The molecule has 1 aliphatic rings. The van der Waals surface area contributed by atoms with Crippen molar-refractivity contribution < 1.29 is 19.2 Å². The van der Waals surface area contributed by atoms with Crippen LogP contribution < -0.4 is 10.2 Å². The monoisotopic (exact) mass is 350 g/mol. The number of esters is 1. The molecule has 0 fully saturated rings. The fourth-order valence-electron chi connectivity index (χ4n) is 3.28. The summed E-state index contributed by atoms with van der Waals surface area (Å²) in [6.07, 6.45) is 0.558. The van der Waals surface area contributed by atoms with Gasteiger partial charge in [0.05, 0.1) is 18.7 Å². The van der Waals surface area contributed by atoms with Crippen LogP contribution in [-0.2, 0) is 27.3 Å². The Morgan fingerprint density at radius 2 is 1.88 bits per heavy atom. The number of carbonyl (C=O) groups is 2. The van der Waals surface area contributed by atoms with Crippen LogP contribution in [0.3, 0.4) is 0 Å². The van der Waals surface area contributed by atoms with E-state index in [9.17, 15) is 9.59 Å². The Morgan fingerprint density at radius 3 is 2.54 bits per heavy atom. The predicted octanol–water partition coefficient (Wildman–Crippen LogP) is 0.680. The largest absolute Gasteiger partial charge is 0.465 e. The Morgan fingerprint density at radius 1 is 1.19 bits per heavy atom. The number of anilines is 1. The molecule has 2 aromatic rings. The van der Waals surface area contributed by atoms with Crippen molar-refractivity contribution in [1.29, 1.82) is 5.26 Å². The molecule has 1 unspecified atom stereocenters. The SMILES string of the molecule is COC(=O)[C@@H]1Cc2ccccc2C[NH+]1CC(=O)Nc1ccc(C#N)cc1. The van der Waals surface area contributed by atoms with Crippen LogP contribution in [0.4, 0.5) is 5.69 Å². The molecule has 132 valence electrons. The number of rotatable bonds is 4. The maximum absolute atomic E-state index is 12.5. The highest BCUT2D eigenvalue weighted by molar-refractivity contribution is 5.91. The number of nitriles is 1. The Kier molecular flexibility index (Phi) is 5.30. The Bertz CT molecular complexity index is 855. The summed E-state index contributed by atoms with van der Waals surface area (Å²) in [5.74, 6) is -0.487. The lowest BCUT2D eigenvalue weighted by molar-refractivity contribution is -0.924. The van der Waals surface area contributed by atoms with Crippen LogP contribution in [0.5, 0.6) is 0 Å². The van der Waals surface area contributed by atoms with Crippen molar-refractivity contribution in [3.05, 3.63) is 65.2 Å². The standard InChI is InChI=1S/C20H19N3O3/c1-26-20(25)18-10-15-4-2-3-5-16(15)12-23(18)13-19(24)22-17-8-6-14(11-21)7-9-17/h2-9,18H,10,12-13H2,1H3,(H,22,24)/p+1/t18-/m0/s1. The topological polar surface area (TPSA) is 83.6 Å². The number of quaternary nitrogens is 1. The molecule has 0 aromatic heterocycles. The first kappa shape index (κ1) is 17.6. The lowest BCUT2D eigenvalue weighted by Crippen LogP contribution is -3.17. The van der Waals surface area contributed by atoms with Gasteiger partial charge in [-0.1, -0.05) is 24.3 Å². The van der Waals surface area contributed by atoms with Gasteiger partial charge in [-0.2, -0.15) is 5.26 Å². The van der Waals surface area contributed by atoms with E-state index < -0.39 is 6.04 Å². The number of nitrogens with one attached hydrogen (secondary N) is 2. The average Bonchev–Trinajstić information content (AvgIpc) is 2.67. The molecule has 0 bridgehead atoms. The molecule has 0 spiro atoms. The molecule has 1 amide bonds. The molecule has 26 heavy (non-hydrogen) atoms. The van der Waals surface area contributed by atoms with Crippen LogP contribution >= 0.6 is 0 Å². The van der Waals surface area contributed by atoms with Gasteiger partial charge in [-0.25, -0.2) is 4.79 Å². The minimum atomic E-state index is -0.401. The van der Waals surface area contributed by atoms with E-state index in [1.807, 2.05) is 30.3 Å². The van der Waals surface area contributed by atoms with Gasteiger partial charge < -0.3 is 15.0 Å². The lowest BCUT2D eigenvalue weighted by Gasteiger charge is -2.31. The summed E-state index contributed by atoms with van der Waals surface area (Å²) in [7, 11) is 1.37. The summed E-state index contributed by atoms with van der Waals surface area (Å²) >= 11 is 0. The Labute approximate surface area is 152 Å². The van der Waals surface area contributed by atoms with E-state index in [0.717, 1.165) is 16.0 Å². The van der Waals surface area contributed by atoms with Gasteiger partial charge in [0.15, 0.2) is 12.6 Å². The van der Waals surface area contributed by atoms with Gasteiger partial charge in [0.25, 0.3) is 5.91 Å². The van der Waals surface area contributed by atoms with Crippen molar-refractivity contribution in [2.24, 2.45) is 0 Å². The Balaban J connectivity index is 1.72. The quantitative estimate of drug-likeness (QED) is 0.795. The smallest absolute Gasteiger partial charge is 0.365 e. The van der Waals surface area contributed by atoms with Crippen LogP contribution in [0.2, 0.25) is 0 Å². The highest BCUT2D eigenvalue weighted by Crippen LogP contribution is 2.14. The molecule has 0 aliphatic carbocycles. The lowest BCUT2D eigenvalue weighted by atomic mass is 9.94. The van der Waals surface area contributed by atoms with E-state index in [1.54, 1.807) is 24.3 Å². The molecule has 1 heterocycles. The number of hydrogen-bond donors (Lipinski definition) is 2. The van der Waals surface area contributed by atoms with Crippen LogP contribution in [0.1, 0.15) is 16.7 Å². The number of hydrogen-bond acceptors (Lipinski definition) is 4. The van der Waals surface area contributed by atoms with Crippen molar-refractivity contribution in [3.63, 3.8) is 0 Å². The van der Waals surface area contributed by atoms with E-state index in [1.165, 1.54) is 7.11 Å². The third kappa shape index (κ3) is 3.90. The normalized spacial score (nSPS) is 18.3. The molecule has 0 saturated carbocycles. The number of carbonyl (C=O) groups excluding carboxylic acids is 2. The van der Waals surface area contributed by atoms with Gasteiger partial charge in [0.1, 0.15) is 6.54 Å². The van der Waals surface area contributed by atoms with Gasteiger partial charge in [0, 0.05) is 17.7 Å². The minimum Gasteiger partial charge on any atom is -0.465 e. The summed E-state index contributed by atoms with van der Waals surface area (Å²) in [5.41, 5.74) is 3.43. The second kappa shape index (κ2) is 7.81. The number of ether oxygens (including phenoxy) is 1. The highest BCUT2D eigenvalue weighted by atomic mass is 16.5. The average molecular weight is 350 g/mol. The maximum Gasteiger partial charge on any atom is 0.365 e. The molecular weight excluding hydrogens is 330 g/mol. The minimum absolute atomic E-state index is 0.161. The molecule has 2 N–H and O–H groups in total. The van der Waals surface area contributed by atoms with E-state index >= 15 is 0 Å². The molecule has 6 heteroatoms. The van der Waals surface area contributed by atoms with Crippen molar-refractivity contribution >= 4 is 17.6 Å². The zero-order valence-corrected chi connectivity index (χ0v) is 14.5. The number of nitrogens with zero attached hydrogens (tertiary/aromatic N) is 1. The Hall–Kier alpha value is -3.17. The highest BCUT2D eigenvalue weighted by Gasteiger charge is 2.37. The first-order valence-corrected chi connectivity index (χ1v) is 8.40. The fourth-order valence-corrected chi connectivity index (χ4v) is 3.28. The summed E-state index contributed by atoms with van der Waals surface area (Å²) in [6, 6.07) is 16.3. The maximum atomic E-state index is 12.5. The molecule has 2 aromatic carbocycles. The van der Waals surface area contributed by atoms with Crippen molar-refractivity contribution in [3.8, 4) is 6.07 Å². The summed E-state index contributed by atoms with van der Waals surface area (Å²) in [4.78, 5) is 25.5. The zero-order chi connectivity index (χ0) is 18.5. The molecule has 6 nitrogen and oxygen atoms in total. The van der Waals surface area contributed by atoms with Crippen molar-refractivity contribution in [2.75, 3.05) is 19.0 Å². The van der Waals surface area contributed by atoms with E-state index in [0.29, 0.717) is 24.2 Å². The molecular formula is C20H20N3O3+. The van der Waals surface area contributed by atoms with E-state index in [4.69, 9.17) is 10.00 Å². The van der Waals surface area contributed by atoms with Crippen LogP contribution in [0.15, 0.2) is 48.5 Å². The second-order valence-corrected chi connectivity index (χ2v) is 6.30. The third-order valence-corrected chi connectivity index (χ3v) is 4.62. The number of methoxy groups -OCH3 is 1. The van der Waals surface area contributed by atoms with Crippen molar-refractivity contribution in [1.82, 2.24) is 0 Å². The third-order valence-electron chi connectivity index (χ3n) is 4.62. The first-order valence-electron chi connectivity index (χ1n) is 8.40. The number of benzene rings is 2. The van der Waals surface area contributed by atoms with Gasteiger partial charge in [-0.05, 0) is 29.8 Å². The number of fused-ring (bicyclic) bond motifs is 1. The fraction of sp³-hybridized carbons (Fsp3) is 0.250. The first-order chi connectivity index (χ1) is 12.6. The van der Waals surface area contributed by atoms with Gasteiger partial charge >= 0.3 is 5.97 Å². The molecule has 3 rings (SSSR count). The summed E-state index contributed by atoms with van der Waals surface area (Å²) < 4.78 is 4.94. The van der Waals surface area contributed by atoms with E-state index in [-0.39, 0.29) is 18.4 Å². The molecule has 2 atom stereocenters. The summed E-state index contributed by atoms with van der Waals surface area (Å²) in [6.45, 7) is 0.755. The number of amides is 1. The molecule has 1 aliphatic heterocycles. The predicted molar refractivity (Wildman–Crippen MR) is 95.3 cm³/mol. The van der Waals surface area contributed by atoms with Gasteiger partial charge in [-0.15, -0.1) is 0 Å². The van der Waals surface area contributed by atoms with E-state index in [2.05, 4.69) is 5.32 Å². The molecule has 0 radical (unpaired) electrons. The van der Waals surface area contributed by atoms with Crippen LogP contribution in [0, 0.1) is 11.3 Å². The van der Waals surface area contributed by atoms with Crippen LogP contribution in [-0.4, -0.2) is 31.6 Å². The van der Waals surface area contributed by atoms with Crippen LogP contribution in [0.25, 0.3) is 0 Å².